The smallest absolute Gasteiger partial charge is 0.211 e. The number of anilines is 1. The van der Waals surface area contributed by atoms with Crippen molar-refractivity contribution in [1.29, 1.82) is 0 Å². The maximum atomic E-state index is 12.7. The van der Waals surface area contributed by atoms with E-state index >= 15 is 0 Å². The van der Waals surface area contributed by atoms with E-state index in [0.717, 1.165) is 27.0 Å². The molecule has 0 saturated carbocycles. The zero-order valence-electron chi connectivity index (χ0n) is 16.9. The SMILES string of the molecule is CS(=O)(=O)N(Cc1ccccc1)C1Cc2cc(Br)ccc2N(Cc2cnc[nH]2)C1.Cl.Cl. The van der Waals surface area contributed by atoms with E-state index in [0.29, 0.717) is 26.1 Å². The zero-order chi connectivity index (χ0) is 20.4. The van der Waals surface area contributed by atoms with E-state index in [4.69, 9.17) is 0 Å². The largest absolute Gasteiger partial charge is 0.364 e. The van der Waals surface area contributed by atoms with Gasteiger partial charge in [-0.1, -0.05) is 46.3 Å². The number of rotatable bonds is 6. The van der Waals surface area contributed by atoms with Gasteiger partial charge in [-0.15, -0.1) is 24.8 Å². The molecule has 1 aliphatic rings. The van der Waals surface area contributed by atoms with Crippen LogP contribution in [0, 0.1) is 0 Å². The number of aromatic nitrogens is 2. The lowest BCUT2D eigenvalue weighted by atomic mass is 9.97. The van der Waals surface area contributed by atoms with Gasteiger partial charge >= 0.3 is 0 Å². The molecule has 1 unspecified atom stereocenters. The first kappa shape index (κ1) is 25.7. The third kappa shape index (κ3) is 6.23. The summed E-state index contributed by atoms with van der Waals surface area (Å²) in [6.07, 6.45) is 5.44. The van der Waals surface area contributed by atoms with Crippen LogP contribution < -0.4 is 4.90 Å². The fourth-order valence-corrected chi connectivity index (χ4v) is 5.37. The summed E-state index contributed by atoms with van der Waals surface area (Å²) in [6.45, 7) is 1.63. The third-order valence-corrected chi connectivity index (χ3v) is 6.97. The van der Waals surface area contributed by atoms with Crippen LogP contribution in [0.3, 0.4) is 0 Å². The van der Waals surface area contributed by atoms with Gasteiger partial charge in [0.25, 0.3) is 0 Å². The van der Waals surface area contributed by atoms with Gasteiger partial charge in [0.1, 0.15) is 0 Å². The van der Waals surface area contributed by atoms with E-state index in [1.165, 1.54) is 6.26 Å². The molecule has 0 spiro atoms. The van der Waals surface area contributed by atoms with Crippen LogP contribution >= 0.6 is 40.7 Å². The van der Waals surface area contributed by atoms with Crippen molar-refractivity contribution in [3.05, 3.63) is 82.3 Å². The lowest BCUT2D eigenvalue weighted by Crippen LogP contribution is -2.50. The molecule has 0 fully saturated rings. The van der Waals surface area contributed by atoms with Gasteiger partial charge in [0.15, 0.2) is 0 Å². The van der Waals surface area contributed by atoms with Crippen molar-refractivity contribution in [3.63, 3.8) is 0 Å². The van der Waals surface area contributed by atoms with Gasteiger partial charge in [-0.3, -0.25) is 0 Å². The molecule has 1 atom stereocenters. The van der Waals surface area contributed by atoms with Crippen LogP contribution in [0.15, 0.2) is 65.5 Å². The topological polar surface area (TPSA) is 69.3 Å². The van der Waals surface area contributed by atoms with Crippen LogP contribution in [0.1, 0.15) is 16.8 Å². The molecular formula is C21H25BrCl2N4O2S. The number of nitrogens with zero attached hydrogens (tertiary/aromatic N) is 3. The molecule has 1 aromatic heterocycles. The summed E-state index contributed by atoms with van der Waals surface area (Å²) in [5.74, 6) is 0. The van der Waals surface area contributed by atoms with Gasteiger partial charge in [0, 0.05) is 35.5 Å². The molecule has 10 heteroatoms. The zero-order valence-corrected chi connectivity index (χ0v) is 21.0. The molecule has 1 N–H and O–H groups in total. The maximum Gasteiger partial charge on any atom is 0.211 e. The molecule has 0 radical (unpaired) electrons. The van der Waals surface area contributed by atoms with Crippen LogP contribution in [0.5, 0.6) is 0 Å². The quantitative estimate of drug-likeness (QED) is 0.496. The van der Waals surface area contributed by atoms with Gasteiger partial charge in [-0.25, -0.2) is 13.4 Å². The molecular weight excluding hydrogens is 523 g/mol. The lowest BCUT2D eigenvalue weighted by Gasteiger charge is -2.40. The minimum Gasteiger partial charge on any atom is -0.364 e. The first-order valence-electron chi connectivity index (χ1n) is 9.41. The van der Waals surface area contributed by atoms with Crippen molar-refractivity contribution in [2.24, 2.45) is 0 Å². The normalized spacial score (nSPS) is 15.7. The van der Waals surface area contributed by atoms with Crippen molar-refractivity contribution in [2.75, 3.05) is 17.7 Å². The summed E-state index contributed by atoms with van der Waals surface area (Å²) in [5, 5.41) is 0. The Labute approximate surface area is 204 Å². The lowest BCUT2D eigenvalue weighted by molar-refractivity contribution is 0.305. The highest BCUT2D eigenvalue weighted by atomic mass is 79.9. The van der Waals surface area contributed by atoms with Crippen molar-refractivity contribution < 1.29 is 8.42 Å². The Morgan fingerprint density at radius 2 is 1.94 bits per heavy atom. The molecule has 4 rings (SSSR count). The van der Waals surface area contributed by atoms with Crippen LogP contribution in [0.25, 0.3) is 0 Å². The highest BCUT2D eigenvalue weighted by Crippen LogP contribution is 2.33. The van der Waals surface area contributed by atoms with Crippen LogP contribution in [-0.2, 0) is 29.5 Å². The van der Waals surface area contributed by atoms with Crippen LogP contribution in [-0.4, -0.2) is 41.5 Å². The molecule has 0 amide bonds. The maximum absolute atomic E-state index is 12.7. The van der Waals surface area contributed by atoms with Crippen LogP contribution in [0.4, 0.5) is 5.69 Å². The minimum atomic E-state index is -3.39. The van der Waals surface area contributed by atoms with Gasteiger partial charge < -0.3 is 9.88 Å². The number of fused-ring (bicyclic) bond motifs is 1. The predicted molar refractivity (Wildman–Crippen MR) is 133 cm³/mol. The standard InChI is InChI=1S/C21H23BrN4O2S.2ClH/c1-29(27,28)26(12-16-5-3-2-4-6-16)20-10-17-9-18(22)7-8-21(17)25(14-20)13-19-11-23-15-24-19;;/h2-9,11,15,20H,10,12-14H2,1H3,(H,23,24);2*1H. The first-order valence-corrected chi connectivity index (χ1v) is 12.1. The Morgan fingerprint density at radius 1 is 1.19 bits per heavy atom. The minimum absolute atomic E-state index is 0. The van der Waals surface area contributed by atoms with Gasteiger partial charge in [-0.2, -0.15) is 4.31 Å². The number of imidazole rings is 1. The second-order valence-corrected chi connectivity index (χ2v) is 10.2. The van der Waals surface area contributed by atoms with E-state index in [1.54, 1.807) is 16.8 Å². The first-order chi connectivity index (χ1) is 13.9. The Hall–Kier alpha value is -1.58. The molecule has 2 heterocycles. The van der Waals surface area contributed by atoms with Gasteiger partial charge in [0.05, 0.1) is 24.8 Å². The number of sulfonamides is 1. The molecule has 1 aliphatic heterocycles. The highest BCUT2D eigenvalue weighted by molar-refractivity contribution is 9.10. The molecule has 2 aromatic carbocycles. The van der Waals surface area contributed by atoms with E-state index in [2.05, 4.69) is 42.9 Å². The summed E-state index contributed by atoms with van der Waals surface area (Å²) in [5.41, 5.74) is 4.25. The summed E-state index contributed by atoms with van der Waals surface area (Å²) in [6, 6.07) is 15.8. The summed E-state index contributed by atoms with van der Waals surface area (Å²) < 4.78 is 28.1. The molecule has 3 aromatic rings. The molecule has 31 heavy (non-hydrogen) atoms. The molecule has 168 valence electrons. The van der Waals surface area contributed by atoms with Gasteiger partial charge in [-0.05, 0) is 35.7 Å². The fourth-order valence-electron chi connectivity index (χ4n) is 3.90. The molecule has 6 nitrogen and oxygen atoms in total. The van der Waals surface area contributed by atoms with Crippen molar-refractivity contribution in [3.8, 4) is 0 Å². The molecule has 0 aliphatic carbocycles. The summed E-state index contributed by atoms with van der Waals surface area (Å²) in [4.78, 5) is 9.49. The van der Waals surface area contributed by atoms with Crippen LogP contribution in [0.2, 0.25) is 0 Å². The van der Waals surface area contributed by atoms with Gasteiger partial charge in [0.2, 0.25) is 10.0 Å². The van der Waals surface area contributed by atoms with E-state index in [-0.39, 0.29) is 30.9 Å². The summed E-state index contributed by atoms with van der Waals surface area (Å²) >= 11 is 3.55. The number of benzene rings is 2. The third-order valence-electron chi connectivity index (χ3n) is 5.20. The highest BCUT2D eigenvalue weighted by Gasteiger charge is 2.33. The number of H-pyrrole nitrogens is 1. The van der Waals surface area contributed by atoms with Crippen molar-refractivity contribution in [1.82, 2.24) is 14.3 Å². The molecule has 0 saturated heterocycles. The Morgan fingerprint density at radius 3 is 2.58 bits per heavy atom. The second-order valence-electron chi connectivity index (χ2n) is 7.38. The average molecular weight is 548 g/mol. The monoisotopic (exact) mass is 546 g/mol. The van der Waals surface area contributed by atoms with E-state index < -0.39 is 10.0 Å². The summed E-state index contributed by atoms with van der Waals surface area (Å²) in [7, 11) is -3.39. The number of hydrogen-bond donors (Lipinski definition) is 1. The Kier molecular flexibility index (Phi) is 8.97. The number of halogens is 3. The second kappa shape index (κ2) is 10.8. The number of nitrogens with one attached hydrogen (secondary N) is 1. The molecule has 0 bridgehead atoms. The van der Waals surface area contributed by atoms with E-state index in [1.807, 2.05) is 36.4 Å². The van der Waals surface area contributed by atoms with E-state index in [9.17, 15) is 8.42 Å². The fraction of sp³-hybridized carbons (Fsp3) is 0.286. The Bertz CT molecular complexity index is 1080. The Balaban J connectivity index is 0.00000171. The number of aromatic amines is 1. The average Bonchev–Trinajstić information content (AvgIpc) is 3.18. The van der Waals surface area contributed by atoms with Crippen molar-refractivity contribution in [2.45, 2.75) is 25.6 Å². The number of hydrogen-bond acceptors (Lipinski definition) is 4. The van der Waals surface area contributed by atoms with Crippen molar-refractivity contribution >= 4 is 56.5 Å². The predicted octanol–water partition coefficient (Wildman–Crippen LogP) is 4.41.